The Labute approximate surface area is 83.2 Å². The van der Waals surface area contributed by atoms with Gasteiger partial charge in [0.1, 0.15) is 5.82 Å². The van der Waals surface area contributed by atoms with E-state index in [-0.39, 0.29) is 0 Å². The molecule has 0 aliphatic carbocycles. The Morgan fingerprint density at radius 3 is 2.64 bits per heavy atom. The first kappa shape index (κ1) is 8.81. The zero-order chi connectivity index (χ0) is 10.1. The van der Waals surface area contributed by atoms with Crippen molar-refractivity contribution in [2.75, 3.05) is 5.73 Å². The van der Waals surface area contributed by atoms with E-state index in [2.05, 4.69) is 4.98 Å². The number of hydrogen-bond donors (Lipinski definition) is 1. The van der Waals surface area contributed by atoms with Gasteiger partial charge in [-0.1, -0.05) is 6.07 Å². The van der Waals surface area contributed by atoms with Gasteiger partial charge in [-0.3, -0.25) is 0 Å². The van der Waals surface area contributed by atoms with Crippen LogP contribution in [0.2, 0.25) is 0 Å². The van der Waals surface area contributed by atoms with Crippen LogP contribution in [-0.4, -0.2) is 9.55 Å². The molecule has 3 heteroatoms. The quantitative estimate of drug-likeness (QED) is 0.694. The van der Waals surface area contributed by atoms with Crippen LogP contribution in [0.1, 0.15) is 11.4 Å². The van der Waals surface area contributed by atoms with E-state index in [1.54, 1.807) is 6.20 Å². The molecule has 0 amide bonds. The lowest BCUT2D eigenvalue weighted by Gasteiger charge is -2.08. The Morgan fingerprint density at radius 1 is 1.29 bits per heavy atom. The average Bonchev–Trinajstić information content (AvgIpc) is 2.52. The maximum Gasteiger partial charge on any atom is 0.110 e. The molecular weight excluding hydrogens is 174 g/mol. The van der Waals surface area contributed by atoms with E-state index >= 15 is 0 Å². The van der Waals surface area contributed by atoms with Gasteiger partial charge in [-0.15, -0.1) is 0 Å². The summed E-state index contributed by atoms with van der Waals surface area (Å²) in [5, 5.41) is 0. The van der Waals surface area contributed by atoms with E-state index in [9.17, 15) is 0 Å². The Morgan fingerprint density at radius 2 is 2.07 bits per heavy atom. The van der Waals surface area contributed by atoms with Crippen molar-refractivity contribution >= 4 is 5.69 Å². The lowest BCUT2D eigenvalue weighted by molar-refractivity contribution is 0.976. The summed E-state index contributed by atoms with van der Waals surface area (Å²) in [6, 6.07) is 6.03. The minimum atomic E-state index is 0.783. The third-order valence-electron chi connectivity index (χ3n) is 2.27. The van der Waals surface area contributed by atoms with E-state index in [0.29, 0.717) is 0 Å². The molecule has 2 aromatic rings. The van der Waals surface area contributed by atoms with E-state index in [1.165, 1.54) is 5.56 Å². The van der Waals surface area contributed by atoms with Gasteiger partial charge in [-0.25, -0.2) is 4.98 Å². The van der Waals surface area contributed by atoms with Gasteiger partial charge >= 0.3 is 0 Å². The summed E-state index contributed by atoms with van der Waals surface area (Å²) in [6.07, 6.45) is 3.69. The van der Waals surface area contributed by atoms with Crippen LogP contribution in [-0.2, 0) is 0 Å². The number of hydrogen-bond acceptors (Lipinski definition) is 2. The summed E-state index contributed by atoms with van der Waals surface area (Å²) < 4.78 is 1.98. The van der Waals surface area contributed by atoms with E-state index in [1.807, 2.05) is 42.8 Å². The molecule has 0 saturated carbocycles. The first-order valence-corrected chi connectivity index (χ1v) is 4.55. The maximum atomic E-state index is 5.93. The van der Waals surface area contributed by atoms with Crippen molar-refractivity contribution in [1.29, 1.82) is 0 Å². The summed E-state index contributed by atoms with van der Waals surface area (Å²) in [5.41, 5.74) is 8.88. The summed E-state index contributed by atoms with van der Waals surface area (Å²) in [6.45, 7) is 3.99. The van der Waals surface area contributed by atoms with E-state index in [4.69, 9.17) is 5.73 Å². The molecule has 0 unspecified atom stereocenters. The van der Waals surface area contributed by atoms with Crippen molar-refractivity contribution in [3.05, 3.63) is 42.0 Å². The third kappa shape index (κ3) is 1.37. The van der Waals surface area contributed by atoms with Crippen LogP contribution in [0.15, 0.2) is 30.6 Å². The number of benzene rings is 1. The smallest absolute Gasteiger partial charge is 0.110 e. The molecule has 0 spiro atoms. The molecule has 14 heavy (non-hydrogen) atoms. The second-order valence-corrected chi connectivity index (χ2v) is 3.41. The molecule has 0 aliphatic heterocycles. The second-order valence-electron chi connectivity index (χ2n) is 3.41. The summed E-state index contributed by atoms with van der Waals surface area (Å²) >= 11 is 0. The minimum absolute atomic E-state index is 0.783. The lowest BCUT2D eigenvalue weighted by atomic mass is 10.2. The first-order valence-electron chi connectivity index (χ1n) is 4.55. The second kappa shape index (κ2) is 3.18. The molecule has 1 aromatic heterocycles. The van der Waals surface area contributed by atoms with Crippen molar-refractivity contribution in [2.24, 2.45) is 0 Å². The zero-order valence-corrected chi connectivity index (χ0v) is 8.36. The largest absolute Gasteiger partial charge is 0.397 e. The molecule has 0 fully saturated rings. The van der Waals surface area contributed by atoms with Crippen molar-refractivity contribution in [3.63, 3.8) is 0 Å². The number of anilines is 1. The Balaban J connectivity index is 2.58. The van der Waals surface area contributed by atoms with Gasteiger partial charge in [-0.05, 0) is 31.5 Å². The molecule has 0 atom stereocenters. The third-order valence-corrected chi connectivity index (χ3v) is 2.27. The highest BCUT2D eigenvalue weighted by Crippen LogP contribution is 2.19. The molecule has 2 N–H and O–H groups in total. The monoisotopic (exact) mass is 187 g/mol. The van der Waals surface area contributed by atoms with Crippen LogP contribution >= 0.6 is 0 Å². The van der Waals surface area contributed by atoms with Crippen LogP contribution < -0.4 is 5.73 Å². The summed E-state index contributed by atoms with van der Waals surface area (Å²) in [7, 11) is 0. The predicted octanol–water partition coefficient (Wildman–Crippen LogP) is 2.07. The molecule has 72 valence electrons. The highest BCUT2D eigenvalue weighted by Gasteiger charge is 2.03. The molecule has 0 bridgehead atoms. The number of nitrogen functional groups attached to an aromatic ring is 1. The molecule has 0 aliphatic rings. The van der Waals surface area contributed by atoms with E-state index in [0.717, 1.165) is 17.2 Å². The Bertz CT molecular complexity index is 457. The van der Waals surface area contributed by atoms with Crippen molar-refractivity contribution in [1.82, 2.24) is 9.55 Å². The first-order chi connectivity index (χ1) is 6.68. The zero-order valence-electron chi connectivity index (χ0n) is 8.36. The fourth-order valence-corrected chi connectivity index (χ4v) is 1.53. The summed E-state index contributed by atoms with van der Waals surface area (Å²) in [5.74, 6) is 0.945. The molecule has 0 radical (unpaired) electrons. The molecule has 1 heterocycles. The number of rotatable bonds is 1. The van der Waals surface area contributed by atoms with Crippen LogP contribution in [0, 0.1) is 13.8 Å². The Hall–Kier alpha value is -1.77. The topological polar surface area (TPSA) is 43.8 Å². The van der Waals surface area contributed by atoms with Gasteiger partial charge in [0.05, 0.1) is 11.4 Å². The minimum Gasteiger partial charge on any atom is -0.397 e. The van der Waals surface area contributed by atoms with Gasteiger partial charge in [0.15, 0.2) is 0 Å². The molecular formula is C11H13N3. The highest BCUT2D eigenvalue weighted by atomic mass is 15.1. The SMILES string of the molecule is Cc1ccc(-n2ccnc2C)c(N)c1. The molecule has 2 rings (SSSR count). The standard InChI is InChI=1S/C11H13N3/c1-8-3-4-11(10(12)7-8)14-6-5-13-9(14)2/h3-7H,12H2,1-2H3. The fraction of sp³-hybridized carbons (Fsp3) is 0.182. The van der Waals surface area contributed by atoms with Gasteiger partial charge < -0.3 is 10.3 Å². The average molecular weight is 187 g/mol. The normalized spacial score (nSPS) is 10.4. The summed E-state index contributed by atoms with van der Waals surface area (Å²) in [4.78, 5) is 4.16. The molecule has 3 nitrogen and oxygen atoms in total. The highest BCUT2D eigenvalue weighted by molar-refractivity contribution is 5.59. The Kier molecular flexibility index (Phi) is 2.00. The number of aromatic nitrogens is 2. The number of nitrogens with zero attached hydrogens (tertiary/aromatic N) is 2. The van der Waals surface area contributed by atoms with Crippen molar-refractivity contribution in [2.45, 2.75) is 13.8 Å². The van der Waals surface area contributed by atoms with Gasteiger partial charge in [0.2, 0.25) is 0 Å². The van der Waals surface area contributed by atoms with Gasteiger partial charge in [0.25, 0.3) is 0 Å². The van der Waals surface area contributed by atoms with Gasteiger partial charge in [0, 0.05) is 12.4 Å². The number of aryl methyl sites for hydroxylation is 2. The van der Waals surface area contributed by atoms with Crippen molar-refractivity contribution in [3.8, 4) is 5.69 Å². The van der Waals surface area contributed by atoms with Crippen molar-refractivity contribution < 1.29 is 0 Å². The van der Waals surface area contributed by atoms with Crippen LogP contribution in [0.4, 0.5) is 5.69 Å². The van der Waals surface area contributed by atoms with E-state index < -0.39 is 0 Å². The lowest BCUT2D eigenvalue weighted by Crippen LogP contribution is -2.00. The van der Waals surface area contributed by atoms with Crippen LogP contribution in [0.5, 0.6) is 0 Å². The molecule has 0 saturated heterocycles. The molecule has 1 aromatic carbocycles. The van der Waals surface area contributed by atoms with Gasteiger partial charge in [-0.2, -0.15) is 0 Å². The number of imidazole rings is 1. The predicted molar refractivity (Wildman–Crippen MR) is 57.5 cm³/mol. The van der Waals surface area contributed by atoms with Crippen LogP contribution in [0.25, 0.3) is 5.69 Å². The fourth-order valence-electron chi connectivity index (χ4n) is 1.53. The van der Waals surface area contributed by atoms with Crippen LogP contribution in [0.3, 0.4) is 0 Å². The maximum absolute atomic E-state index is 5.93. The number of nitrogens with two attached hydrogens (primary N) is 1.